The molecule has 0 heterocycles. The van der Waals surface area contributed by atoms with E-state index in [2.05, 4.69) is 43.5 Å². The zero-order valence-electron chi connectivity index (χ0n) is 36.3. The molecule has 1 amide bonds. The molecule has 4 N–H and O–H groups in total. The lowest BCUT2D eigenvalue weighted by Gasteiger charge is -2.18. The topological polar surface area (TPSA) is 119 Å². The molecule has 0 aliphatic heterocycles. The number of carbonyl (C=O) groups is 3. The van der Waals surface area contributed by atoms with Gasteiger partial charge in [-0.3, -0.25) is 9.59 Å². The fourth-order valence-corrected chi connectivity index (χ4v) is 7.15. The van der Waals surface area contributed by atoms with Gasteiger partial charge in [0.1, 0.15) is 12.1 Å². The van der Waals surface area contributed by atoms with Crippen molar-refractivity contribution in [2.75, 3.05) is 6.54 Å². The molecule has 0 rings (SSSR count). The summed E-state index contributed by atoms with van der Waals surface area (Å²) < 4.78 is 6.06. The Balaban J connectivity index is 4.36. The van der Waals surface area contributed by atoms with Gasteiger partial charge < -0.3 is 20.9 Å². The van der Waals surface area contributed by atoms with Crippen LogP contribution < -0.4 is 11.1 Å². The normalized spacial score (nSPS) is 12.8. The van der Waals surface area contributed by atoms with Crippen LogP contribution >= 0.6 is 0 Å². The van der Waals surface area contributed by atoms with Crippen LogP contribution in [0.4, 0.5) is 0 Å². The Morgan fingerprint density at radius 2 is 0.891 bits per heavy atom. The molecule has 2 atom stereocenters. The van der Waals surface area contributed by atoms with Crippen LogP contribution in [0.15, 0.2) is 24.3 Å². The third kappa shape index (κ3) is 39.9. The SMILES string of the molecule is CCCCCCC/C=C\CCCCCCCC(=O)OC(CCCCC/C=C\CCCCCCCCCC)CCCCCCCC(=O)NC(CCCN)C(=O)O. The molecule has 322 valence electrons. The second kappa shape index (κ2) is 43.0. The lowest BCUT2D eigenvalue weighted by molar-refractivity contribution is -0.150. The average Bonchev–Trinajstić information content (AvgIpc) is 3.17. The first-order valence-corrected chi connectivity index (χ1v) is 23.7. The number of carbonyl (C=O) groups excluding carboxylic acids is 2. The highest BCUT2D eigenvalue weighted by Crippen LogP contribution is 2.19. The monoisotopic (exact) mass is 775 g/mol. The number of hydrogen-bond acceptors (Lipinski definition) is 5. The summed E-state index contributed by atoms with van der Waals surface area (Å²) in [7, 11) is 0. The molecular weight excluding hydrogens is 685 g/mol. The first-order chi connectivity index (χ1) is 26.9. The summed E-state index contributed by atoms with van der Waals surface area (Å²) in [5, 5.41) is 12.0. The molecule has 0 aromatic heterocycles. The van der Waals surface area contributed by atoms with E-state index in [-0.39, 0.29) is 18.0 Å². The maximum absolute atomic E-state index is 12.8. The third-order valence-electron chi connectivity index (χ3n) is 10.7. The largest absolute Gasteiger partial charge is 0.480 e. The predicted octanol–water partition coefficient (Wildman–Crippen LogP) is 13.6. The van der Waals surface area contributed by atoms with Crippen LogP contribution in [0.5, 0.6) is 0 Å². The smallest absolute Gasteiger partial charge is 0.326 e. The van der Waals surface area contributed by atoms with E-state index in [4.69, 9.17) is 10.5 Å². The van der Waals surface area contributed by atoms with Crippen molar-refractivity contribution in [3.8, 4) is 0 Å². The van der Waals surface area contributed by atoms with E-state index in [1.165, 1.54) is 135 Å². The summed E-state index contributed by atoms with van der Waals surface area (Å²) in [6.45, 7) is 4.95. The van der Waals surface area contributed by atoms with Crippen molar-refractivity contribution in [1.82, 2.24) is 5.32 Å². The van der Waals surface area contributed by atoms with Crippen LogP contribution in [0.25, 0.3) is 0 Å². The number of carboxylic acids is 1. The first kappa shape index (κ1) is 52.9. The summed E-state index contributed by atoms with van der Waals surface area (Å²) in [4.78, 5) is 36.4. The summed E-state index contributed by atoms with van der Waals surface area (Å²) in [6, 6.07) is -0.858. The van der Waals surface area contributed by atoms with Crippen LogP contribution in [0.1, 0.15) is 245 Å². The lowest BCUT2D eigenvalue weighted by atomic mass is 10.0. The second-order valence-corrected chi connectivity index (χ2v) is 16.2. The number of allylic oxidation sites excluding steroid dienone is 4. The Kier molecular flexibility index (Phi) is 41.3. The number of amides is 1. The highest BCUT2D eigenvalue weighted by atomic mass is 16.5. The summed E-state index contributed by atoms with van der Waals surface area (Å²) in [6.07, 6.45) is 49.4. The second-order valence-electron chi connectivity index (χ2n) is 16.2. The van der Waals surface area contributed by atoms with Gasteiger partial charge in [0.2, 0.25) is 5.91 Å². The van der Waals surface area contributed by atoms with Gasteiger partial charge in [-0.05, 0) is 109 Å². The molecule has 0 fully saturated rings. The van der Waals surface area contributed by atoms with E-state index in [0.717, 1.165) is 70.6 Å². The summed E-state index contributed by atoms with van der Waals surface area (Å²) >= 11 is 0. The average molecular weight is 775 g/mol. The van der Waals surface area contributed by atoms with Crippen LogP contribution in [0, 0.1) is 0 Å². The highest BCUT2D eigenvalue weighted by Gasteiger charge is 2.19. The van der Waals surface area contributed by atoms with Gasteiger partial charge in [-0.1, -0.05) is 154 Å². The number of ether oxygens (including phenoxy) is 1. The zero-order valence-corrected chi connectivity index (χ0v) is 36.3. The van der Waals surface area contributed by atoms with Gasteiger partial charge in [0.15, 0.2) is 0 Å². The number of esters is 1. The van der Waals surface area contributed by atoms with E-state index in [9.17, 15) is 19.5 Å². The Morgan fingerprint density at radius 3 is 1.33 bits per heavy atom. The van der Waals surface area contributed by atoms with Gasteiger partial charge >= 0.3 is 11.9 Å². The quantitative estimate of drug-likeness (QED) is 0.0322. The number of nitrogens with one attached hydrogen (secondary N) is 1. The third-order valence-corrected chi connectivity index (χ3v) is 10.7. The number of unbranched alkanes of at least 4 members (excludes halogenated alkanes) is 25. The molecule has 7 nitrogen and oxygen atoms in total. The molecule has 55 heavy (non-hydrogen) atoms. The zero-order chi connectivity index (χ0) is 40.3. The number of aliphatic carboxylic acids is 1. The Labute approximate surface area is 340 Å². The van der Waals surface area contributed by atoms with Gasteiger partial charge in [-0.25, -0.2) is 4.79 Å². The van der Waals surface area contributed by atoms with Gasteiger partial charge in [-0.15, -0.1) is 0 Å². The van der Waals surface area contributed by atoms with E-state index in [0.29, 0.717) is 32.2 Å². The standard InChI is InChI=1S/C48H90N2O5/c1-3-5-7-9-11-13-15-17-19-20-22-24-26-29-33-38-44(39-34-30-28-31-35-41-46(51)50-45(48(53)54)40-37-43-49)55-47(52)42-36-32-27-25-23-21-18-16-14-12-10-8-6-4-2/h16,18,20,22,44-45H,3-15,17,19,21,23-43,49H2,1-2H3,(H,50,51)(H,53,54)/b18-16-,22-20-. The van der Waals surface area contributed by atoms with Gasteiger partial charge in [0, 0.05) is 12.8 Å². The van der Waals surface area contributed by atoms with Crippen molar-refractivity contribution >= 4 is 17.8 Å². The molecule has 0 spiro atoms. The number of hydrogen-bond donors (Lipinski definition) is 3. The van der Waals surface area contributed by atoms with Gasteiger partial charge in [0.05, 0.1) is 0 Å². The van der Waals surface area contributed by atoms with Crippen LogP contribution in [-0.2, 0) is 19.1 Å². The molecule has 0 radical (unpaired) electrons. The summed E-state index contributed by atoms with van der Waals surface area (Å²) in [5.41, 5.74) is 5.49. The van der Waals surface area contributed by atoms with Crippen LogP contribution in [0.3, 0.4) is 0 Å². The lowest BCUT2D eigenvalue weighted by Crippen LogP contribution is -2.40. The molecule has 0 bridgehead atoms. The number of carboxylic acid groups (broad SMARTS) is 1. The van der Waals surface area contributed by atoms with E-state index < -0.39 is 12.0 Å². The minimum absolute atomic E-state index is 0.00398. The molecule has 7 heteroatoms. The Hall–Kier alpha value is -2.15. The maximum Gasteiger partial charge on any atom is 0.326 e. The van der Waals surface area contributed by atoms with Crippen molar-refractivity contribution in [3.05, 3.63) is 24.3 Å². The van der Waals surface area contributed by atoms with Gasteiger partial charge in [0.25, 0.3) is 0 Å². The molecule has 0 saturated heterocycles. The van der Waals surface area contributed by atoms with E-state index in [1.54, 1.807) is 0 Å². The molecule has 0 saturated carbocycles. The van der Waals surface area contributed by atoms with Crippen molar-refractivity contribution in [2.45, 2.75) is 257 Å². The predicted molar refractivity (Wildman–Crippen MR) is 234 cm³/mol. The molecule has 0 aliphatic carbocycles. The minimum Gasteiger partial charge on any atom is -0.480 e. The number of rotatable bonds is 43. The molecule has 0 aromatic carbocycles. The fourth-order valence-electron chi connectivity index (χ4n) is 7.15. The first-order valence-electron chi connectivity index (χ1n) is 23.7. The molecular formula is C48H90N2O5. The number of nitrogens with two attached hydrogens (primary N) is 1. The van der Waals surface area contributed by atoms with Crippen molar-refractivity contribution in [3.63, 3.8) is 0 Å². The van der Waals surface area contributed by atoms with Crippen molar-refractivity contribution in [2.24, 2.45) is 5.73 Å². The molecule has 0 aromatic rings. The van der Waals surface area contributed by atoms with Crippen LogP contribution in [0.2, 0.25) is 0 Å². The van der Waals surface area contributed by atoms with Gasteiger partial charge in [-0.2, -0.15) is 0 Å². The van der Waals surface area contributed by atoms with Crippen molar-refractivity contribution in [1.29, 1.82) is 0 Å². The minimum atomic E-state index is -1.00. The van der Waals surface area contributed by atoms with E-state index >= 15 is 0 Å². The fraction of sp³-hybridized carbons (Fsp3) is 0.854. The molecule has 0 aliphatic rings. The van der Waals surface area contributed by atoms with Crippen molar-refractivity contribution < 1.29 is 24.2 Å². The van der Waals surface area contributed by atoms with Crippen LogP contribution in [-0.4, -0.2) is 41.6 Å². The highest BCUT2D eigenvalue weighted by molar-refractivity contribution is 5.83. The Morgan fingerprint density at radius 1 is 0.509 bits per heavy atom. The molecule has 2 unspecified atom stereocenters. The maximum atomic E-state index is 12.8. The Bertz CT molecular complexity index is 920. The summed E-state index contributed by atoms with van der Waals surface area (Å²) in [5.74, 6) is -1.24. The van der Waals surface area contributed by atoms with E-state index in [1.807, 2.05) is 0 Å².